The Hall–Kier alpha value is -2.41. The van der Waals surface area contributed by atoms with E-state index >= 15 is 0 Å². The number of benzene rings is 1. The minimum absolute atomic E-state index is 0.0185. The van der Waals surface area contributed by atoms with E-state index in [1.807, 2.05) is 26.0 Å². The highest BCUT2D eigenvalue weighted by Gasteiger charge is 2.21. The average molecular weight is 360 g/mol. The van der Waals surface area contributed by atoms with Crippen LogP contribution in [0.5, 0.6) is 0 Å². The zero-order valence-electron chi connectivity index (χ0n) is 15.8. The molecule has 0 bridgehead atoms. The molecule has 3 amide bonds. The molecule has 1 aromatic carbocycles. The van der Waals surface area contributed by atoms with E-state index in [1.54, 1.807) is 33.9 Å². The summed E-state index contributed by atoms with van der Waals surface area (Å²) in [5, 5.41) is 2.82. The molecule has 0 aromatic heterocycles. The monoisotopic (exact) mass is 360 g/mol. The number of likely N-dealkylation sites (N-methyl/N-ethyl adjacent to an activating group) is 2. The Kier molecular flexibility index (Phi) is 7.15. The summed E-state index contributed by atoms with van der Waals surface area (Å²) in [5.41, 5.74) is 1.53. The van der Waals surface area contributed by atoms with Gasteiger partial charge < -0.3 is 15.1 Å². The van der Waals surface area contributed by atoms with Crippen LogP contribution in [0.2, 0.25) is 0 Å². The van der Waals surface area contributed by atoms with Crippen LogP contribution in [0, 0.1) is 0 Å². The van der Waals surface area contributed by atoms with Gasteiger partial charge in [0.05, 0.1) is 13.1 Å². The molecule has 1 N–H and O–H groups in total. The van der Waals surface area contributed by atoms with Gasteiger partial charge in [-0.05, 0) is 51.6 Å². The van der Waals surface area contributed by atoms with E-state index in [0.29, 0.717) is 25.2 Å². The van der Waals surface area contributed by atoms with Crippen LogP contribution in [0.25, 0.3) is 0 Å². The van der Waals surface area contributed by atoms with Crippen molar-refractivity contribution in [1.29, 1.82) is 0 Å². The van der Waals surface area contributed by atoms with E-state index in [2.05, 4.69) is 5.32 Å². The van der Waals surface area contributed by atoms with Crippen molar-refractivity contribution in [1.82, 2.24) is 9.80 Å². The van der Waals surface area contributed by atoms with Gasteiger partial charge in [-0.2, -0.15) is 0 Å². The Bertz CT molecular complexity index is 641. The van der Waals surface area contributed by atoms with Gasteiger partial charge >= 0.3 is 0 Å². The van der Waals surface area contributed by atoms with Crippen molar-refractivity contribution in [3.05, 3.63) is 24.3 Å². The third kappa shape index (κ3) is 5.29. The molecule has 1 aliphatic heterocycles. The van der Waals surface area contributed by atoms with Gasteiger partial charge in [0, 0.05) is 37.4 Å². The molecule has 0 unspecified atom stereocenters. The van der Waals surface area contributed by atoms with Gasteiger partial charge in [-0.1, -0.05) is 0 Å². The molecule has 0 radical (unpaired) electrons. The number of nitrogens with zero attached hydrogens (tertiary/aromatic N) is 3. The maximum absolute atomic E-state index is 12.2. The number of carbonyl (C=O) groups is 3. The lowest BCUT2D eigenvalue weighted by atomic mass is 10.2. The Morgan fingerprint density at radius 2 is 1.77 bits per heavy atom. The van der Waals surface area contributed by atoms with Crippen molar-refractivity contribution in [3.63, 3.8) is 0 Å². The zero-order valence-corrected chi connectivity index (χ0v) is 15.8. The molecule has 1 aliphatic rings. The first kappa shape index (κ1) is 19.9. The van der Waals surface area contributed by atoms with Gasteiger partial charge in [0.2, 0.25) is 17.7 Å². The van der Waals surface area contributed by atoms with Crippen LogP contribution in [0.1, 0.15) is 26.7 Å². The highest BCUT2D eigenvalue weighted by atomic mass is 16.2. The number of anilines is 2. The fourth-order valence-corrected chi connectivity index (χ4v) is 3.05. The van der Waals surface area contributed by atoms with E-state index in [0.717, 1.165) is 18.7 Å². The maximum atomic E-state index is 12.2. The Balaban J connectivity index is 1.83. The first-order valence-corrected chi connectivity index (χ1v) is 9.11. The predicted octanol–water partition coefficient (Wildman–Crippen LogP) is 1.55. The van der Waals surface area contributed by atoms with Crippen molar-refractivity contribution in [2.24, 2.45) is 0 Å². The molecular weight excluding hydrogens is 332 g/mol. The van der Waals surface area contributed by atoms with Gasteiger partial charge in [0.25, 0.3) is 0 Å². The van der Waals surface area contributed by atoms with Gasteiger partial charge in [0.15, 0.2) is 0 Å². The summed E-state index contributed by atoms with van der Waals surface area (Å²) in [7, 11) is 1.75. The van der Waals surface area contributed by atoms with Crippen LogP contribution >= 0.6 is 0 Å². The van der Waals surface area contributed by atoms with Crippen LogP contribution in [0.15, 0.2) is 24.3 Å². The first-order chi connectivity index (χ1) is 12.4. The molecule has 7 heteroatoms. The minimum atomic E-state index is -0.176. The zero-order chi connectivity index (χ0) is 19.1. The van der Waals surface area contributed by atoms with Crippen molar-refractivity contribution in [2.45, 2.75) is 26.7 Å². The number of rotatable bonds is 8. The summed E-state index contributed by atoms with van der Waals surface area (Å²) in [5.74, 6) is -0.0175. The summed E-state index contributed by atoms with van der Waals surface area (Å²) in [4.78, 5) is 41.2. The largest absolute Gasteiger partial charge is 0.342 e. The van der Waals surface area contributed by atoms with Gasteiger partial charge in [0.1, 0.15) is 0 Å². The molecule has 1 saturated heterocycles. The topological polar surface area (TPSA) is 73.0 Å². The Labute approximate surface area is 154 Å². The highest BCUT2D eigenvalue weighted by Crippen LogP contribution is 2.22. The normalized spacial score (nSPS) is 14.0. The first-order valence-electron chi connectivity index (χ1n) is 9.11. The lowest BCUT2D eigenvalue weighted by molar-refractivity contribution is -0.132. The molecule has 7 nitrogen and oxygen atoms in total. The summed E-state index contributed by atoms with van der Waals surface area (Å²) in [6, 6.07) is 7.26. The Morgan fingerprint density at radius 3 is 2.31 bits per heavy atom. The predicted molar refractivity (Wildman–Crippen MR) is 102 cm³/mol. The van der Waals surface area contributed by atoms with Crippen molar-refractivity contribution in [3.8, 4) is 0 Å². The molecule has 0 aliphatic carbocycles. The number of nitrogens with one attached hydrogen (secondary N) is 1. The van der Waals surface area contributed by atoms with Gasteiger partial charge in [-0.25, -0.2) is 0 Å². The van der Waals surface area contributed by atoms with Crippen LogP contribution in [0.4, 0.5) is 11.4 Å². The molecule has 2 rings (SSSR count). The third-order valence-corrected chi connectivity index (χ3v) is 4.47. The minimum Gasteiger partial charge on any atom is -0.342 e. The molecule has 1 aromatic rings. The number of hydrogen-bond acceptors (Lipinski definition) is 4. The lowest BCUT2D eigenvalue weighted by Crippen LogP contribution is -2.41. The standard InChI is InChI=1S/C19H28N4O3/c1-4-22(5-2)19(26)14-21(3)13-17(24)20-15-8-10-16(11-9-15)23-12-6-7-18(23)25/h8-11H,4-7,12-14H2,1-3H3,(H,20,24). The van der Waals surface area contributed by atoms with Crippen molar-refractivity contribution < 1.29 is 14.4 Å². The highest BCUT2D eigenvalue weighted by molar-refractivity contribution is 5.96. The van der Waals surface area contributed by atoms with Crippen LogP contribution in [-0.2, 0) is 14.4 Å². The van der Waals surface area contributed by atoms with Crippen molar-refractivity contribution >= 4 is 29.1 Å². The second kappa shape index (κ2) is 9.33. The maximum Gasteiger partial charge on any atom is 0.238 e. The quantitative estimate of drug-likeness (QED) is 0.763. The molecule has 0 saturated carbocycles. The van der Waals surface area contributed by atoms with E-state index in [4.69, 9.17) is 0 Å². The van der Waals surface area contributed by atoms with E-state index in [9.17, 15) is 14.4 Å². The molecule has 1 fully saturated rings. The summed E-state index contributed by atoms with van der Waals surface area (Å²) < 4.78 is 0. The lowest BCUT2D eigenvalue weighted by Gasteiger charge is -2.22. The molecule has 0 atom stereocenters. The van der Waals surface area contributed by atoms with E-state index in [-0.39, 0.29) is 30.8 Å². The van der Waals surface area contributed by atoms with Gasteiger partial charge in [-0.15, -0.1) is 0 Å². The van der Waals surface area contributed by atoms with Crippen LogP contribution in [0.3, 0.4) is 0 Å². The molecule has 0 spiro atoms. The van der Waals surface area contributed by atoms with Crippen LogP contribution < -0.4 is 10.2 Å². The van der Waals surface area contributed by atoms with Gasteiger partial charge in [-0.3, -0.25) is 19.3 Å². The summed E-state index contributed by atoms with van der Waals surface area (Å²) >= 11 is 0. The third-order valence-electron chi connectivity index (χ3n) is 4.47. The van der Waals surface area contributed by atoms with Crippen LogP contribution in [-0.4, -0.2) is 67.3 Å². The fourth-order valence-electron chi connectivity index (χ4n) is 3.05. The molecule has 1 heterocycles. The molecule has 142 valence electrons. The summed E-state index contributed by atoms with van der Waals surface area (Å²) in [6.07, 6.45) is 1.48. The summed E-state index contributed by atoms with van der Waals surface area (Å²) in [6.45, 7) is 6.31. The van der Waals surface area contributed by atoms with E-state index in [1.165, 1.54) is 0 Å². The SMILES string of the molecule is CCN(CC)C(=O)CN(C)CC(=O)Nc1ccc(N2CCCC2=O)cc1. The smallest absolute Gasteiger partial charge is 0.238 e. The number of amides is 3. The number of hydrogen-bond donors (Lipinski definition) is 1. The van der Waals surface area contributed by atoms with Crippen molar-refractivity contribution in [2.75, 3.05) is 50.0 Å². The fraction of sp³-hybridized carbons (Fsp3) is 0.526. The number of carbonyl (C=O) groups excluding carboxylic acids is 3. The molecule has 26 heavy (non-hydrogen) atoms. The van der Waals surface area contributed by atoms with E-state index < -0.39 is 0 Å². The Morgan fingerprint density at radius 1 is 1.12 bits per heavy atom. The second-order valence-electron chi connectivity index (χ2n) is 6.48. The molecular formula is C19H28N4O3. The second-order valence-corrected chi connectivity index (χ2v) is 6.48. The average Bonchev–Trinajstić information content (AvgIpc) is 3.02.